The summed E-state index contributed by atoms with van der Waals surface area (Å²) in [6, 6.07) is 7.14. The van der Waals surface area contributed by atoms with Crippen LogP contribution in [-0.4, -0.2) is 37.5 Å². The van der Waals surface area contributed by atoms with Crippen molar-refractivity contribution in [2.45, 2.75) is 25.8 Å². The van der Waals surface area contributed by atoms with E-state index in [1.165, 1.54) is 4.80 Å². The van der Waals surface area contributed by atoms with Gasteiger partial charge in [0.2, 0.25) is 0 Å². The molecule has 0 radical (unpaired) electrons. The van der Waals surface area contributed by atoms with Gasteiger partial charge in [0.05, 0.1) is 36.6 Å². The number of rotatable bonds is 3. The summed E-state index contributed by atoms with van der Waals surface area (Å²) < 4.78 is 5.56. The van der Waals surface area contributed by atoms with Crippen molar-refractivity contribution in [1.82, 2.24) is 24.9 Å². The minimum Gasteiger partial charge on any atom is -0.467 e. The number of nitrogens with zero attached hydrogens (tertiary/aromatic N) is 5. The second-order valence-corrected chi connectivity index (χ2v) is 6.51. The van der Waals surface area contributed by atoms with Gasteiger partial charge in [-0.25, -0.2) is 9.78 Å². The Balaban J connectivity index is 1.48. The molecule has 134 valence electrons. The molecule has 8 nitrogen and oxygen atoms in total. The van der Waals surface area contributed by atoms with Gasteiger partial charge in [0, 0.05) is 6.54 Å². The van der Waals surface area contributed by atoms with E-state index >= 15 is 0 Å². The largest absolute Gasteiger partial charge is 0.467 e. The third-order valence-electron chi connectivity index (χ3n) is 4.62. The topological polar surface area (TPSA) is 89.1 Å². The number of amides is 2. The number of piperidine rings is 1. The Morgan fingerprint density at radius 1 is 1.27 bits per heavy atom. The first kappa shape index (κ1) is 16.3. The molecule has 1 fully saturated rings. The number of nitrogens with one attached hydrogen (secondary N) is 1. The molecule has 0 aromatic carbocycles. The molecule has 2 amide bonds. The van der Waals surface area contributed by atoms with Crippen LogP contribution in [0.1, 0.15) is 31.6 Å². The van der Waals surface area contributed by atoms with Crippen molar-refractivity contribution in [1.29, 1.82) is 0 Å². The molecule has 2 atom stereocenters. The Kier molecular flexibility index (Phi) is 4.39. The Hall–Kier alpha value is -3.16. The number of aromatic nitrogens is 4. The minimum atomic E-state index is -0.148. The molecular formula is C18H20N6O2. The zero-order chi connectivity index (χ0) is 17.9. The maximum atomic E-state index is 12.8. The van der Waals surface area contributed by atoms with E-state index in [-0.39, 0.29) is 12.1 Å². The molecule has 0 aliphatic carbocycles. The fraction of sp³-hybridized carbons (Fsp3) is 0.333. The highest BCUT2D eigenvalue weighted by Gasteiger charge is 2.32. The molecule has 1 aliphatic heterocycles. The van der Waals surface area contributed by atoms with Crippen LogP contribution in [0.25, 0.3) is 5.82 Å². The van der Waals surface area contributed by atoms with Crippen molar-refractivity contribution in [2.75, 3.05) is 11.9 Å². The molecule has 0 bridgehead atoms. The molecule has 3 aromatic heterocycles. The van der Waals surface area contributed by atoms with Crippen LogP contribution in [0.3, 0.4) is 0 Å². The second kappa shape index (κ2) is 6.99. The van der Waals surface area contributed by atoms with E-state index in [1.807, 2.05) is 17.0 Å². The summed E-state index contributed by atoms with van der Waals surface area (Å²) >= 11 is 0. The first-order valence-electron chi connectivity index (χ1n) is 8.64. The molecular weight excluding hydrogens is 332 g/mol. The number of pyridine rings is 1. The van der Waals surface area contributed by atoms with Gasteiger partial charge in [-0.3, -0.25) is 0 Å². The van der Waals surface area contributed by atoms with E-state index in [2.05, 4.69) is 27.4 Å². The molecule has 0 spiro atoms. The predicted octanol–water partition coefficient (Wildman–Crippen LogP) is 3.26. The lowest BCUT2D eigenvalue weighted by atomic mass is 9.91. The third-order valence-corrected chi connectivity index (χ3v) is 4.62. The highest BCUT2D eigenvalue weighted by Crippen LogP contribution is 2.34. The molecule has 4 rings (SSSR count). The second-order valence-electron chi connectivity index (χ2n) is 6.51. The van der Waals surface area contributed by atoms with Gasteiger partial charge in [0.1, 0.15) is 5.76 Å². The number of carbonyl (C=O) groups is 1. The molecule has 8 heteroatoms. The number of carbonyl (C=O) groups excluding carboxylic acids is 1. The van der Waals surface area contributed by atoms with E-state index < -0.39 is 0 Å². The van der Waals surface area contributed by atoms with Gasteiger partial charge in [-0.15, -0.1) is 4.80 Å². The van der Waals surface area contributed by atoms with Crippen LogP contribution in [0, 0.1) is 5.92 Å². The lowest BCUT2D eigenvalue weighted by Gasteiger charge is -2.37. The fourth-order valence-corrected chi connectivity index (χ4v) is 3.24. The third kappa shape index (κ3) is 3.30. The van der Waals surface area contributed by atoms with Gasteiger partial charge >= 0.3 is 6.03 Å². The highest BCUT2D eigenvalue weighted by atomic mass is 16.3. The zero-order valence-corrected chi connectivity index (χ0v) is 14.4. The van der Waals surface area contributed by atoms with Gasteiger partial charge in [0.15, 0.2) is 5.82 Å². The van der Waals surface area contributed by atoms with Gasteiger partial charge in [-0.05, 0) is 43.0 Å². The van der Waals surface area contributed by atoms with E-state index in [0.717, 1.165) is 18.6 Å². The van der Waals surface area contributed by atoms with E-state index in [0.29, 0.717) is 24.0 Å². The SMILES string of the molecule is CC1CCN(C(=O)Nc2ccc(-n3nccn3)nc2)C(c2ccco2)C1. The van der Waals surface area contributed by atoms with Gasteiger partial charge < -0.3 is 14.6 Å². The Morgan fingerprint density at radius 3 is 2.81 bits per heavy atom. The monoisotopic (exact) mass is 352 g/mol. The Bertz CT molecular complexity index is 844. The van der Waals surface area contributed by atoms with Crippen molar-refractivity contribution in [2.24, 2.45) is 5.92 Å². The average molecular weight is 352 g/mol. The molecule has 1 aliphatic rings. The van der Waals surface area contributed by atoms with Crippen LogP contribution in [0.15, 0.2) is 53.5 Å². The van der Waals surface area contributed by atoms with Gasteiger partial charge in [-0.1, -0.05) is 6.92 Å². The molecule has 3 aromatic rings. The lowest BCUT2D eigenvalue weighted by molar-refractivity contribution is 0.129. The number of urea groups is 1. The van der Waals surface area contributed by atoms with Crippen molar-refractivity contribution in [3.63, 3.8) is 0 Å². The smallest absolute Gasteiger partial charge is 0.322 e. The summed E-state index contributed by atoms with van der Waals surface area (Å²) in [5, 5.41) is 11.0. The maximum absolute atomic E-state index is 12.8. The number of hydrogen-bond acceptors (Lipinski definition) is 5. The molecule has 26 heavy (non-hydrogen) atoms. The normalized spacial score (nSPS) is 20.1. The first-order valence-corrected chi connectivity index (χ1v) is 8.64. The molecule has 4 heterocycles. The van der Waals surface area contributed by atoms with Crippen LogP contribution in [0.4, 0.5) is 10.5 Å². The predicted molar refractivity (Wildman–Crippen MR) is 94.7 cm³/mol. The summed E-state index contributed by atoms with van der Waals surface area (Å²) in [5.41, 5.74) is 0.628. The van der Waals surface area contributed by atoms with Gasteiger partial charge in [0.25, 0.3) is 0 Å². The summed E-state index contributed by atoms with van der Waals surface area (Å²) in [7, 11) is 0. The number of anilines is 1. The van der Waals surface area contributed by atoms with E-state index in [4.69, 9.17) is 4.42 Å². The highest BCUT2D eigenvalue weighted by molar-refractivity contribution is 5.89. The van der Waals surface area contributed by atoms with E-state index in [9.17, 15) is 4.79 Å². The van der Waals surface area contributed by atoms with Crippen LogP contribution >= 0.6 is 0 Å². The molecule has 1 saturated heterocycles. The van der Waals surface area contributed by atoms with Crippen LogP contribution in [-0.2, 0) is 0 Å². The maximum Gasteiger partial charge on any atom is 0.322 e. The van der Waals surface area contributed by atoms with E-state index in [1.54, 1.807) is 37.0 Å². The summed E-state index contributed by atoms with van der Waals surface area (Å²) in [6.07, 6.45) is 8.30. The molecule has 2 unspecified atom stereocenters. The van der Waals surface area contributed by atoms with Gasteiger partial charge in [-0.2, -0.15) is 10.2 Å². The van der Waals surface area contributed by atoms with Crippen molar-refractivity contribution in [3.8, 4) is 5.82 Å². The fourth-order valence-electron chi connectivity index (χ4n) is 3.24. The molecule has 1 N–H and O–H groups in total. The summed E-state index contributed by atoms with van der Waals surface area (Å²) in [5.74, 6) is 1.97. The van der Waals surface area contributed by atoms with Crippen molar-refractivity contribution < 1.29 is 9.21 Å². The number of furan rings is 1. The average Bonchev–Trinajstić information content (AvgIpc) is 3.36. The van der Waals surface area contributed by atoms with Crippen LogP contribution < -0.4 is 5.32 Å². The summed E-state index contributed by atoms with van der Waals surface area (Å²) in [4.78, 5) is 20.4. The van der Waals surface area contributed by atoms with Crippen molar-refractivity contribution >= 4 is 11.7 Å². The Morgan fingerprint density at radius 2 is 2.12 bits per heavy atom. The standard InChI is InChI=1S/C18H20N6O2/c1-13-6-9-23(15(11-13)16-3-2-10-26-16)18(25)22-14-4-5-17(19-12-14)24-20-7-8-21-24/h2-5,7-8,10,12-13,15H,6,9,11H2,1H3,(H,22,25). The number of likely N-dealkylation sites (tertiary alicyclic amines) is 1. The number of hydrogen-bond donors (Lipinski definition) is 1. The van der Waals surface area contributed by atoms with Crippen LogP contribution in [0.2, 0.25) is 0 Å². The Labute approximate surface area is 150 Å². The zero-order valence-electron chi connectivity index (χ0n) is 14.4. The van der Waals surface area contributed by atoms with Crippen LogP contribution in [0.5, 0.6) is 0 Å². The van der Waals surface area contributed by atoms with Crippen molar-refractivity contribution in [3.05, 3.63) is 54.9 Å². The quantitative estimate of drug-likeness (QED) is 0.781. The summed E-state index contributed by atoms with van der Waals surface area (Å²) in [6.45, 7) is 2.90. The lowest BCUT2D eigenvalue weighted by Crippen LogP contribution is -2.42. The molecule has 0 saturated carbocycles. The first-order chi connectivity index (χ1) is 12.7. The minimum absolute atomic E-state index is 0.0470.